The minimum Gasteiger partial charge on any atom is -0.348 e. The Balaban J connectivity index is 1.72. The summed E-state index contributed by atoms with van der Waals surface area (Å²) in [6.07, 6.45) is -2.34. The number of benzene rings is 2. The lowest BCUT2D eigenvalue weighted by Crippen LogP contribution is -2.35. The lowest BCUT2D eigenvalue weighted by molar-refractivity contribution is -0.140. The highest BCUT2D eigenvalue weighted by Gasteiger charge is 2.34. The Hall–Kier alpha value is -2.46. The maximum Gasteiger partial charge on any atom is 0.419 e. The molecule has 1 amide bonds. The summed E-state index contributed by atoms with van der Waals surface area (Å²) in [5.74, 6) is -2.29. The minimum absolute atomic E-state index is 0.0947. The number of carbonyl (C=O) groups is 1. The Kier molecular flexibility index (Phi) is 6.47. The van der Waals surface area contributed by atoms with Crippen molar-refractivity contribution < 1.29 is 30.8 Å². The molecule has 30 heavy (non-hydrogen) atoms. The molecule has 5 nitrogen and oxygen atoms in total. The molecule has 3 rings (SSSR count). The molecule has 162 valence electrons. The second kappa shape index (κ2) is 8.73. The van der Waals surface area contributed by atoms with Gasteiger partial charge in [-0.2, -0.15) is 17.5 Å². The summed E-state index contributed by atoms with van der Waals surface area (Å²) < 4.78 is 78.8. The van der Waals surface area contributed by atoms with E-state index in [-0.39, 0.29) is 17.0 Å². The average molecular weight is 444 g/mol. The number of nitrogens with zero attached hydrogens (tertiary/aromatic N) is 1. The summed E-state index contributed by atoms with van der Waals surface area (Å²) in [5, 5.41) is 2.43. The quantitative estimate of drug-likeness (QED) is 0.711. The number of sulfonamides is 1. The van der Waals surface area contributed by atoms with Crippen LogP contribution in [-0.4, -0.2) is 31.7 Å². The number of nitrogens with one attached hydrogen (secondary N) is 1. The van der Waals surface area contributed by atoms with E-state index in [9.17, 15) is 30.8 Å². The highest BCUT2D eigenvalue weighted by atomic mass is 32.2. The highest BCUT2D eigenvalue weighted by Crippen LogP contribution is 2.32. The minimum atomic E-state index is -4.92. The number of hydrogen-bond acceptors (Lipinski definition) is 3. The summed E-state index contributed by atoms with van der Waals surface area (Å²) in [5.41, 5.74) is -1.40. The van der Waals surface area contributed by atoms with Crippen molar-refractivity contribution in [1.82, 2.24) is 9.62 Å². The van der Waals surface area contributed by atoms with Gasteiger partial charge in [0.15, 0.2) is 0 Å². The third kappa shape index (κ3) is 4.99. The van der Waals surface area contributed by atoms with Crippen LogP contribution in [0.5, 0.6) is 0 Å². The van der Waals surface area contributed by atoms with Crippen molar-refractivity contribution in [2.75, 3.05) is 13.1 Å². The van der Waals surface area contributed by atoms with Gasteiger partial charge in [0.25, 0.3) is 5.91 Å². The molecule has 0 bridgehead atoms. The number of halogens is 4. The van der Waals surface area contributed by atoms with Gasteiger partial charge in [-0.3, -0.25) is 4.79 Å². The van der Waals surface area contributed by atoms with E-state index in [0.717, 1.165) is 25.3 Å². The first-order valence-electron chi connectivity index (χ1n) is 9.33. The smallest absolute Gasteiger partial charge is 0.348 e. The topological polar surface area (TPSA) is 66.5 Å². The Labute approximate surface area is 171 Å². The van der Waals surface area contributed by atoms with Crippen LogP contribution in [-0.2, 0) is 22.7 Å². The van der Waals surface area contributed by atoms with Crippen LogP contribution >= 0.6 is 0 Å². The molecule has 1 aliphatic heterocycles. The van der Waals surface area contributed by atoms with Gasteiger partial charge in [-0.05, 0) is 48.7 Å². The van der Waals surface area contributed by atoms with Gasteiger partial charge in [0.1, 0.15) is 5.82 Å². The summed E-state index contributed by atoms with van der Waals surface area (Å²) >= 11 is 0. The fourth-order valence-corrected chi connectivity index (χ4v) is 4.83. The Morgan fingerprint density at radius 2 is 1.73 bits per heavy atom. The number of carbonyl (C=O) groups excluding carboxylic acids is 1. The van der Waals surface area contributed by atoms with Gasteiger partial charge in [-0.25, -0.2) is 12.8 Å². The van der Waals surface area contributed by atoms with Crippen molar-refractivity contribution in [2.45, 2.75) is 36.9 Å². The van der Waals surface area contributed by atoms with Crippen LogP contribution in [0.2, 0.25) is 0 Å². The highest BCUT2D eigenvalue weighted by molar-refractivity contribution is 7.89. The second-order valence-corrected chi connectivity index (χ2v) is 8.93. The maximum absolute atomic E-state index is 13.4. The normalized spacial score (nSPS) is 15.7. The van der Waals surface area contributed by atoms with E-state index in [0.29, 0.717) is 30.8 Å². The van der Waals surface area contributed by atoms with E-state index in [4.69, 9.17) is 0 Å². The number of alkyl halides is 3. The molecular formula is C20H20F4N2O3S. The van der Waals surface area contributed by atoms with Crippen LogP contribution in [0.4, 0.5) is 17.6 Å². The third-order valence-electron chi connectivity index (χ3n) is 4.84. The fourth-order valence-electron chi connectivity index (χ4n) is 3.24. The molecule has 1 N–H and O–H groups in total. The first-order chi connectivity index (χ1) is 14.1. The Morgan fingerprint density at radius 1 is 1.03 bits per heavy atom. The van der Waals surface area contributed by atoms with E-state index in [1.165, 1.54) is 22.5 Å². The van der Waals surface area contributed by atoms with Crippen LogP contribution in [0.25, 0.3) is 0 Å². The molecule has 2 aromatic rings. The molecule has 1 heterocycles. The molecule has 0 radical (unpaired) electrons. The zero-order chi connectivity index (χ0) is 21.9. The van der Waals surface area contributed by atoms with E-state index in [2.05, 4.69) is 5.32 Å². The van der Waals surface area contributed by atoms with Crippen molar-refractivity contribution in [3.8, 4) is 0 Å². The van der Waals surface area contributed by atoms with Crippen LogP contribution in [0.1, 0.15) is 40.7 Å². The van der Waals surface area contributed by atoms with Gasteiger partial charge in [-0.1, -0.05) is 18.6 Å². The number of piperidine rings is 1. The van der Waals surface area contributed by atoms with Gasteiger partial charge in [0.2, 0.25) is 10.0 Å². The fraction of sp³-hybridized carbons (Fsp3) is 0.350. The third-order valence-corrected chi connectivity index (χ3v) is 6.73. The first-order valence-corrected chi connectivity index (χ1v) is 10.8. The monoisotopic (exact) mass is 444 g/mol. The molecule has 0 spiro atoms. The molecule has 0 aromatic heterocycles. The lowest BCUT2D eigenvalue weighted by atomic mass is 10.1. The molecule has 10 heteroatoms. The largest absolute Gasteiger partial charge is 0.419 e. The predicted molar refractivity (Wildman–Crippen MR) is 102 cm³/mol. The van der Waals surface area contributed by atoms with Gasteiger partial charge in [0, 0.05) is 25.2 Å². The lowest BCUT2D eigenvalue weighted by Gasteiger charge is -2.26. The van der Waals surface area contributed by atoms with Crippen LogP contribution in [0.3, 0.4) is 0 Å². The van der Waals surface area contributed by atoms with Gasteiger partial charge < -0.3 is 5.32 Å². The first kappa shape index (κ1) is 22.2. The number of hydrogen-bond donors (Lipinski definition) is 1. The summed E-state index contributed by atoms with van der Waals surface area (Å²) in [6.45, 7) is 0.811. The SMILES string of the molecule is O=C(NCc1cccc(S(=O)(=O)N2CCCCC2)c1)c1ccc(F)c(C(F)(F)F)c1. The van der Waals surface area contributed by atoms with E-state index >= 15 is 0 Å². The van der Waals surface area contributed by atoms with E-state index in [1.54, 1.807) is 6.07 Å². The molecule has 1 fully saturated rings. The zero-order valence-electron chi connectivity index (χ0n) is 15.9. The standard InChI is InChI=1S/C20H20F4N2O3S/c21-18-8-7-15(12-17(18)20(22,23)24)19(27)25-13-14-5-4-6-16(11-14)30(28,29)26-9-2-1-3-10-26/h4-8,11-12H,1-3,9-10,13H2,(H,25,27). The molecule has 2 aromatic carbocycles. The zero-order valence-corrected chi connectivity index (χ0v) is 16.7. The Bertz CT molecular complexity index is 1030. The van der Waals surface area contributed by atoms with E-state index in [1.807, 2.05) is 0 Å². The van der Waals surface area contributed by atoms with Gasteiger partial charge in [0.05, 0.1) is 10.5 Å². The van der Waals surface area contributed by atoms with Crippen molar-refractivity contribution in [3.05, 3.63) is 65.0 Å². The van der Waals surface area contributed by atoms with Gasteiger partial charge >= 0.3 is 6.18 Å². The Morgan fingerprint density at radius 3 is 2.40 bits per heavy atom. The van der Waals surface area contributed by atoms with Crippen molar-refractivity contribution in [3.63, 3.8) is 0 Å². The summed E-state index contributed by atoms with van der Waals surface area (Å²) in [7, 11) is -3.65. The molecule has 1 aliphatic rings. The molecule has 0 aliphatic carbocycles. The van der Waals surface area contributed by atoms with Crippen molar-refractivity contribution >= 4 is 15.9 Å². The van der Waals surface area contributed by atoms with Crippen LogP contribution in [0, 0.1) is 5.82 Å². The van der Waals surface area contributed by atoms with Crippen LogP contribution < -0.4 is 5.32 Å². The number of rotatable bonds is 5. The molecule has 1 saturated heterocycles. The molecule has 0 atom stereocenters. The van der Waals surface area contributed by atoms with Crippen molar-refractivity contribution in [1.29, 1.82) is 0 Å². The predicted octanol–water partition coefficient (Wildman–Crippen LogP) is 3.95. The molecular weight excluding hydrogens is 424 g/mol. The van der Waals surface area contributed by atoms with Gasteiger partial charge in [-0.15, -0.1) is 0 Å². The maximum atomic E-state index is 13.4. The average Bonchev–Trinajstić information content (AvgIpc) is 2.72. The summed E-state index contributed by atoms with van der Waals surface area (Å²) in [6, 6.07) is 8.02. The second-order valence-electron chi connectivity index (χ2n) is 6.99. The molecule has 0 saturated carbocycles. The number of amides is 1. The van der Waals surface area contributed by atoms with Crippen LogP contribution in [0.15, 0.2) is 47.4 Å². The van der Waals surface area contributed by atoms with Crippen molar-refractivity contribution in [2.24, 2.45) is 0 Å². The van der Waals surface area contributed by atoms with E-state index < -0.39 is 33.5 Å². The summed E-state index contributed by atoms with van der Waals surface area (Å²) in [4.78, 5) is 12.3. The molecule has 0 unspecified atom stereocenters.